The van der Waals surface area contributed by atoms with Crippen LogP contribution in [0.1, 0.15) is 46.7 Å². The smallest absolute Gasteiger partial charge is 0.261 e. The molecule has 0 saturated heterocycles. The first-order chi connectivity index (χ1) is 9.78. The highest BCUT2D eigenvalue weighted by atomic mass is 32.1. The van der Waals surface area contributed by atoms with Crippen LogP contribution in [0.4, 0.5) is 0 Å². The quantitative estimate of drug-likeness (QED) is 0.818. The lowest BCUT2D eigenvalue weighted by molar-refractivity contribution is 0.0930. The van der Waals surface area contributed by atoms with Crippen molar-refractivity contribution in [2.24, 2.45) is 11.8 Å². The Labute approximate surface area is 123 Å². The number of thiophene rings is 1. The number of rotatable bonds is 5. The molecule has 1 aromatic heterocycles. The highest BCUT2D eigenvalue weighted by Crippen LogP contribution is 2.44. The Kier molecular flexibility index (Phi) is 4.09. The van der Waals surface area contributed by atoms with E-state index in [0.29, 0.717) is 12.5 Å². The first kappa shape index (κ1) is 13.7. The lowest BCUT2D eigenvalue weighted by Crippen LogP contribution is -2.37. The molecule has 2 aliphatic rings. The van der Waals surface area contributed by atoms with Crippen LogP contribution in [-0.4, -0.2) is 23.7 Å². The number of carbonyl (C=O) groups is 1. The minimum atomic E-state index is 0.0500. The van der Waals surface area contributed by atoms with Crippen molar-refractivity contribution in [3.8, 4) is 11.8 Å². The molecule has 106 valence electrons. The fourth-order valence-electron chi connectivity index (χ4n) is 2.49. The van der Waals surface area contributed by atoms with Gasteiger partial charge in [0.15, 0.2) is 0 Å². The van der Waals surface area contributed by atoms with Crippen LogP contribution in [0.25, 0.3) is 0 Å². The van der Waals surface area contributed by atoms with Gasteiger partial charge in [-0.1, -0.05) is 11.8 Å². The Hall–Kier alpha value is -1.31. The minimum absolute atomic E-state index is 0.0500. The molecule has 2 N–H and O–H groups in total. The second-order valence-corrected chi connectivity index (χ2v) is 6.70. The van der Waals surface area contributed by atoms with Gasteiger partial charge in [0, 0.05) is 12.5 Å². The summed E-state index contributed by atoms with van der Waals surface area (Å²) in [6.45, 7) is 0.0795. The molecule has 3 nitrogen and oxygen atoms in total. The van der Waals surface area contributed by atoms with Crippen molar-refractivity contribution < 1.29 is 9.90 Å². The van der Waals surface area contributed by atoms with Crippen LogP contribution >= 0.6 is 11.3 Å². The summed E-state index contributed by atoms with van der Waals surface area (Å²) in [7, 11) is 0. The third-order valence-corrected chi connectivity index (χ3v) is 4.84. The molecule has 0 unspecified atom stereocenters. The summed E-state index contributed by atoms with van der Waals surface area (Å²) in [5.41, 5.74) is 0. The SMILES string of the molecule is O=C(NC(C1CC1)C1CC1)c1ccc(C#CCCO)s1. The third-order valence-electron chi connectivity index (χ3n) is 3.84. The maximum absolute atomic E-state index is 12.3. The van der Waals surface area contributed by atoms with Crippen LogP contribution < -0.4 is 5.32 Å². The first-order valence-corrected chi connectivity index (χ1v) is 8.10. The van der Waals surface area contributed by atoms with E-state index in [1.807, 2.05) is 12.1 Å². The van der Waals surface area contributed by atoms with Crippen LogP contribution in [0.5, 0.6) is 0 Å². The van der Waals surface area contributed by atoms with Crippen molar-refractivity contribution in [2.75, 3.05) is 6.61 Å². The van der Waals surface area contributed by atoms with Gasteiger partial charge in [-0.15, -0.1) is 11.3 Å². The van der Waals surface area contributed by atoms with Gasteiger partial charge in [-0.05, 0) is 49.7 Å². The van der Waals surface area contributed by atoms with Gasteiger partial charge >= 0.3 is 0 Å². The van der Waals surface area contributed by atoms with E-state index in [1.165, 1.54) is 37.0 Å². The van der Waals surface area contributed by atoms with Gasteiger partial charge in [-0.25, -0.2) is 0 Å². The number of aliphatic hydroxyl groups excluding tert-OH is 1. The molecule has 0 aliphatic heterocycles. The summed E-state index contributed by atoms with van der Waals surface area (Å²) in [4.78, 5) is 13.9. The molecule has 1 aromatic rings. The monoisotopic (exact) mass is 289 g/mol. The van der Waals surface area contributed by atoms with Crippen molar-refractivity contribution >= 4 is 17.2 Å². The summed E-state index contributed by atoms with van der Waals surface area (Å²) in [5, 5.41) is 11.9. The largest absolute Gasteiger partial charge is 0.395 e. The van der Waals surface area contributed by atoms with Gasteiger partial charge in [0.1, 0.15) is 0 Å². The Balaban J connectivity index is 1.60. The molecule has 2 saturated carbocycles. The fraction of sp³-hybridized carbons (Fsp3) is 0.562. The average molecular weight is 289 g/mol. The predicted molar refractivity (Wildman–Crippen MR) is 79.6 cm³/mol. The Bertz CT molecular complexity index is 534. The van der Waals surface area contributed by atoms with Crippen molar-refractivity contribution in [3.05, 3.63) is 21.9 Å². The maximum atomic E-state index is 12.3. The second kappa shape index (κ2) is 5.99. The standard InChI is InChI=1S/C16H19NO2S/c18-10-2-1-3-13-8-9-14(20-13)16(19)17-15(11-4-5-11)12-6-7-12/h8-9,11-12,15,18H,2,4-7,10H2,(H,17,19). The number of aliphatic hydroxyl groups is 1. The van der Waals surface area contributed by atoms with Crippen LogP contribution in [0.2, 0.25) is 0 Å². The van der Waals surface area contributed by atoms with Crippen LogP contribution in [0.3, 0.4) is 0 Å². The molecule has 0 aromatic carbocycles. The van der Waals surface area contributed by atoms with E-state index in [1.54, 1.807) is 0 Å². The van der Waals surface area contributed by atoms with E-state index in [0.717, 1.165) is 21.6 Å². The lowest BCUT2D eigenvalue weighted by atomic mass is 10.1. The van der Waals surface area contributed by atoms with E-state index < -0.39 is 0 Å². The number of hydrogen-bond donors (Lipinski definition) is 2. The predicted octanol–water partition coefficient (Wildman–Crippen LogP) is 2.40. The molecule has 20 heavy (non-hydrogen) atoms. The molecule has 2 fully saturated rings. The van der Waals surface area contributed by atoms with Crippen molar-refractivity contribution in [1.82, 2.24) is 5.32 Å². The van der Waals surface area contributed by atoms with Crippen LogP contribution in [0.15, 0.2) is 12.1 Å². The third kappa shape index (κ3) is 3.41. The lowest BCUT2D eigenvalue weighted by Gasteiger charge is -2.16. The molecule has 0 radical (unpaired) electrons. The summed E-state index contributed by atoms with van der Waals surface area (Å²) >= 11 is 1.43. The van der Waals surface area contributed by atoms with Gasteiger partial charge in [0.2, 0.25) is 0 Å². The summed E-state index contributed by atoms with van der Waals surface area (Å²) in [6.07, 6.45) is 5.55. The molecule has 4 heteroatoms. The normalized spacial score (nSPS) is 17.7. The molecular weight excluding hydrogens is 270 g/mol. The molecule has 3 rings (SSSR count). The molecular formula is C16H19NO2S. The highest BCUT2D eigenvalue weighted by Gasteiger charge is 2.42. The van der Waals surface area contributed by atoms with Gasteiger partial charge in [-0.2, -0.15) is 0 Å². The molecule has 0 atom stereocenters. The number of amides is 1. The molecule has 1 heterocycles. The molecule has 0 spiro atoms. The molecule has 0 bridgehead atoms. The zero-order valence-corrected chi connectivity index (χ0v) is 12.2. The summed E-state index contributed by atoms with van der Waals surface area (Å²) < 4.78 is 0. The van der Waals surface area contributed by atoms with Crippen molar-refractivity contribution in [3.63, 3.8) is 0 Å². The summed E-state index contributed by atoms with van der Waals surface area (Å²) in [6, 6.07) is 4.13. The Morgan fingerprint density at radius 2 is 2.05 bits per heavy atom. The molecule has 2 aliphatic carbocycles. The Morgan fingerprint density at radius 3 is 2.65 bits per heavy atom. The Morgan fingerprint density at radius 1 is 1.35 bits per heavy atom. The van der Waals surface area contributed by atoms with Crippen molar-refractivity contribution in [2.45, 2.75) is 38.1 Å². The maximum Gasteiger partial charge on any atom is 0.261 e. The highest BCUT2D eigenvalue weighted by molar-refractivity contribution is 7.14. The zero-order valence-electron chi connectivity index (χ0n) is 11.4. The fourth-order valence-corrected chi connectivity index (χ4v) is 3.27. The van der Waals surface area contributed by atoms with Gasteiger partial charge in [-0.3, -0.25) is 4.79 Å². The van der Waals surface area contributed by atoms with Crippen LogP contribution in [0, 0.1) is 23.7 Å². The van der Waals surface area contributed by atoms with E-state index in [-0.39, 0.29) is 12.5 Å². The average Bonchev–Trinajstić information content (AvgIpc) is 3.35. The number of nitrogens with one attached hydrogen (secondary N) is 1. The minimum Gasteiger partial charge on any atom is -0.395 e. The first-order valence-electron chi connectivity index (χ1n) is 7.28. The molecule has 1 amide bonds. The van der Waals surface area contributed by atoms with E-state index in [9.17, 15) is 4.79 Å². The van der Waals surface area contributed by atoms with Gasteiger partial charge < -0.3 is 10.4 Å². The summed E-state index contributed by atoms with van der Waals surface area (Å²) in [5.74, 6) is 7.34. The number of hydrogen-bond acceptors (Lipinski definition) is 3. The zero-order chi connectivity index (χ0) is 13.9. The van der Waals surface area contributed by atoms with E-state index in [2.05, 4.69) is 17.2 Å². The number of carbonyl (C=O) groups excluding carboxylic acids is 1. The topological polar surface area (TPSA) is 49.3 Å². The van der Waals surface area contributed by atoms with Crippen molar-refractivity contribution in [1.29, 1.82) is 0 Å². The second-order valence-electron chi connectivity index (χ2n) is 5.61. The van der Waals surface area contributed by atoms with E-state index in [4.69, 9.17) is 5.11 Å². The van der Waals surface area contributed by atoms with Gasteiger partial charge in [0.05, 0.1) is 16.4 Å². The van der Waals surface area contributed by atoms with Gasteiger partial charge in [0.25, 0.3) is 5.91 Å². The van der Waals surface area contributed by atoms with E-state index >= 15 is 0 Å². The van der Waals surface area contributed by atoms with Crippen LogP contribution in [-0.2, 0) is 0 Å².